The third kappa shape index (κ3) is 4.04. The van der Waals surface area contributed by atoms with Crippen molar-refractivity contribution >= 4 is 23.9 Å². The molecular weight excluding hydrogens is 310 g/mol. The Kier molecular flexibility index (Phi) is 5.80. The molecule has 0 bridgehead atoms. The number of hydrogen-bond acceptors (Lipinski definition) is 9. The second-order valence-corrected chi connectivity index (χ2v) is 4.70. The number of carboxylic acids is 4. The molecule has 0 fully saturated rings. The average molecular weight is 321 g/mol. The topological polar surface area (TPSA) is 187 Å². The third-order valence-electron chi connectivity index (χ3n) is 3.33. The first-order chi connectivity index (χ1) is 10.7. The van der Waals surface area contributed by atoms with Crippen molar-refractivity contribution in [1.82, 2.24) is 0 Å². The molecule has 0 amide bonds. The van der Waals surface area contributed by atoms with Crippen molar-refractivity contribution < 1.29 is 39.6 Å². The molecular formula is C14H11NO8-4. The molecule has 2 N–H and O–H groups in total. The van der Waals surface area contributed by atoms with E-state index in [0.717, 1.165) is 0 Å². The van der Waals surface area contributed by atoms with E-state index < -0.39 is 41.6 Å². The Morgan fingerprint density at radius 2 is 1.13 bits per heavy atom. The van der Waals surface area contributed by atoms with Gasteiger partial charge in [-0.25, -0.2) is 0 Å². The summed E-state index contributed by atoms with van der Waals surface area (Å²) < 4.78 is 0. The molecule has 0 saturated carbocycles. The van der Waals surface area contributed by atoms with E-state index in [2.05, 4.69) is 0 Å². The zero-order chi connectivity index (χ0) is 17.7. The molecule has 1 aromatic rings. The van der Waals surface area contributed by atoms with Gasteiger partial charge in [-0.05, 0) is 11.1 Å². The molecule has 124 valence electrons. The first-order valence-electron chi connectivity index (χ1n) is 6.33. The van der Waals surface area contributed by atoms with Gasteiger partial charge < -0.3 is 45.3 Å². The van der Waals surface area contributed by atoms with Crippen molar-refractivity contribution in [1.29, 1.82) is 0 Å². The number of rotatable bonds is 8. The van der Waals surface area contributed by atoms with Crippen molar-refractivity contribution in [2.75, 3.05) is 0 Å². The van der Waals surface area contributed by atoms with E-state index in [4.69, 9.17) is 5.73 Å². The van der Waals surface area contributed by atoms with Gasteiger partial charge in [-0.3, -0.25) is 0 Å². The zero-order valence-corrected chi connectivity index (χ0v) is 11.6. The van der Waals surface area contributed by atoms with Gasteiger partial charge in [-0.15, -0.1) is 0 Å². The van der Waals surface area contributed by atoms with Crippen LogP contribution in [0, 0.1) is 11.8 Å². The lowest BCUT2D eigenvalue weighted by molar-refractivity contribution is -0.339. The van der Waals surface area contributed by atoms with Crippen LogP contribution in [0.4, 0.5) is 0 Å². The van der Waals surface area contributed by atoms with Crippen LogP contribution in [0.2, 0.25) is 0 Å². The Morgan fingerprint density at radius 1 is 0.783 bits per heavy atom. The molecule has 23 heavy (non-hydrogen) atoms. The fourth-order valence-corrected chi connectivity index (χ4v) is 2.23. The van der Waals surface area contributed by atoms with E-state index in [0.29, 0.717) is 5.56 Å². The average Bonchev–Trinajstić information content (AvgIpc) is 2.45. The van der Waals surface area contributed by atoms with Gasteiger partial charge in [0.2, 0.25) is 0 Å². The minimum absolute atomic E-state index is 0.111. The minimum Gasteiger partial charge on any atom is -0.549 e. The molecule has 0 atom stereocenters. The highest BCUT2D eigenvalue weighted by Crippen LogP contribution is 2.32. The van der Waals surface area contributed by atoms with Crippen LogP contribution in [-0.4, -0.2) is 23.9 Å². The highest BCUT2D eigenvalue weighted by molar-refractivity contribution is 5.97. The van der Waals surface area contributed by atoms with Crippen LogP contribution in [0.3, 0.4) is 0 Å². The third-order valence-corrected chi connectivity index (χ3v) is 3.33. The molecule has 0 heterocycles. The van der Waals surface area contributed by atoms with E-state index in [1.54, 1.807) is 0 Å². The lowest BCUT2D eigenvalue weighted by Crippen LogP contribution is -2.54. The van der Waals surface area contributed by atoms with Gasteiger partial charge in [0.15, 0.2) is 0 Å². The number of aliphatic carboxylic acids is 4. The monoisotopic (exact) mass is 321 g/mol. The molecule has 1 aromatic carbocycles. The molecule has 0 radical (unpaired) electrons. The molecule has 1 rings (SSSR count). The first-order valence-corrected chi connectivity index (χ1v) is 6.33. The second-order valence-electron chi connectivity index (χ2n) is 4.70. The fraction of sp³-hybridized carbons (Fsp3) is 0.286. The highest BCUT2D eigenvalue weighted by atomic mass is 16.4. The minimum atomic E-state index is -2.53. The standard InChI is InChI=1S/C14H15NO8/c15-5-6-1-3-7(4-2-6)8(9(11(16)17)12(18)19)10(13(20)21)14(22)23/h1-4,8-10H,5,15H2,(H,16,17)(H,18,19)(H,20,21)(H,22,23)/p-4. The van der Waals surface area contributed by atoms with Crippen LogP contribution < -0.4 is 26.2 Å². The summed E-state index contributed by atoms with van der Waals surface area (Å²) in [6.45, 7) is 0.111. The number of benzene rings is 1. The molecule has 0 aromatic heterocycles. The molecule has 9 nitrogen and oxygen atoms in total. The molecule has 0 saturated heterocycles. The Balaban J connectivity index is 3.50. The predicted octanol–water partition coefficient (Wildman–Crippen LogP) is -5.54. The Hall–Kier alpha value is -2.94. The summed E-state index contributed by atoms with van der Waals surface area (Å²) in [6, 6.07) is 5.08. The van der Waals surface area contributed by atoms with Crippen molar-refractivity contribution in [2.24, 2.45) is 17.6 Å². The summed E-state index contributed by atoms with van der Waals surface area (Å²) in [4.78, 5) is 44.2. The fourth-order valence-electron chi connectivity index (χ4n) is 2.23. The van der Waals surface area contributed by atoms with Crippen molar-refractivity contribution in [3.63, 3.8) is 0 Å². The van der Waals surface area contributed by atoms with Gasteiger partial charge in [0.1, 0.15) is 0 Å². The molecule has 0 aliphatic carbocycles. The molecule has 0 aliphatic heterocycles. The van der Waals surface area contributed by atoms with Crippen LogP contribution in [0.25, 0.3) is 0 Å². The lowest BCUT2D eigenvalue weighted by Gasteiger charge is -2.36. The Labute approximate surface area is 130 Å². The summed E-state index contributed by atoms with van der Waals surface area (Å²) in [5, 5.41) is 44.2. The van der Waals surface area contributed by atoms with Gasteiger partial charge in [0.25, 0.3) is 0 Å². The Morgan fingerprint density at radius 3 is 1.39 bits per heavy atom. The van der Waals surface area contributed by atoms with Gasteiger partial charge >= 0.3 is 0 Å². The maximum absolute atomic E-state index is 11.0. The second kappa shape index (κ2) is 7.36. The first kappa shape index (κ1) is 18.1. The van der Waals surface area contributed by atoms with E-state index in [1.165, 1.54) is 24.3 Å². The maximum atomic E-state index is 11.0. The van der Waals surface area contributed by atoms with Crippen molar-refractivity contribution in [3.8, 4) is 0 Å². The van der Waals surface area contributed by atoms with Crippen molar-refractivity contribution in [3.05, 3.63) is 35.4 Å². The van der Waals surface area contributed by atoms with E-state index >= 15 is 0 Å². The molecule has 0 aliphatic rings. The van der Waals surface area contributed by atoms with Crippen LogP contribution in [0.1, 0.15) is 17.0 Å². The van der Waals surface area contributed by atoms with Crippen molar-refractivity contribution in [2.45, 2.75) is 12.5 Å². The van der Waals surface area contributed by atoms with Gasteiger partial charge in [0.05, 0.1) is 23.9 Å². The summed E-state index contributed by atoms with van der Waals surface area (Å²) >= 11 is 0. The summed E-state index contributed by atoms with van der Waals surface area (Å²) in [6.07, 6.45) is 0. The summed E-state index contributed by atoms with van der Waals surface area (Å²) in [5.41, 5.74) is 5.76. The van der Waals surface area contributed by atoms with Crippen LogP contribution in [0.15, 0.2) is 24.3 Å². The number of carbonyl (C=O) groups is 4. The molecule has 0 spiro atoms. The molecule has 9 heteroatoms. The number of nitrogens with two attached hydrogens (primary N) is 1. The largest absolute Gasteiger partial charge is 0.549 e. The summed E-state index contributed by atoms with van der Waals surface area (Å²) in [7, 11) is 0. The highest BCUT2D eigenvalue weighted by Gasteiger charge is 2.34. The smallest absolute Gasteiger partial charge is 0.0508 e. The van der Waals surface area contributed by atoms with E-state index in [1.807, 2.05) is 0 Å². The number of carboxylic acid groups (broad SMARTS) is 4. The molecule has 0 unspecified atom stereocenters. The predicted molar refractivity (Wildman–Crippen MR) is 64.1 cm³/mol. The van der Waals surface area contributed by atoms with Crippen LogP contribution in [-0.2, 0) is 25.7 Å². The number of hydrogen-bond donors (Lipinski definition) is 1. The van der Waals surface area contributed by atoms with E-state index in [-0.39, 0.29) is 12.1 Å². The van der Waals surface area contributed by atoms with E-state index in [9.17, 15) is 39.6 Å². The Bertz CT molecular complexity index is 564. The maximum Gasteiger partial charge on any atom is 0.0508 e. The number of carbonyl (C=O) groups excluding carboxylic acids is 4. The quantitative estimate of drug-likeness (QED) is 0.455. The van der Waals surface area contributed by atoms with Crippen LogP contribution >= 0.6 is 0 Å². The van der Waals surface area contributed by atoms with Crippen LogP contribution in [0.5, 0.6) is 0 Å². The van der Waals surface area contributed by atoms with Gasteiger partial charge in [0, 0.05) is 24.3 Å². The lowest BCUT2D eigenvalue weighted by atomic mass is 9.76. The normalized spacial score (nSPS) is 11.0. The summed E-state index contributed by atoms with van der Waals surface area (Å²) in [5.74, 6) is -15.8. The zero-order valence-electron chi connectivity index (χ0n) is 11.6. The SMILES string of the molecule is NCc1ccc(C(C(C(=O)[O-])C(=O)[O-])C(C(=O)[O-])C(=O)[O-])cc1. The van der Waals surface area contributed by atoms with Gasteiger partial charge in [-0.1, -0.05) is 24.3 Å². The van der Waals surface area contributed by atoms with Gasteiger partial charge in [-0.2, -0.15) is 0 Å².